The number of nitrogens with one attached hydrogen (secondary N) is 3. The van der Waals surface area contributed by atoms with Crippen LogP contribution in [0.2, 0.25) is 0 Å². The summed E-state index contributed by atoms with van der Waals surface area (Å²) in [4.78, 5) is 31.9. The second kappa shape index (κ2) is 10.7. The lowest BCUT2D eigenvalue weighted by atomic mass is 9.99. The number of urea groups is 1. The van der Waals surface area contributed by atoms with Gasteiger partial charge < -0.3 is 20.9 Å². The van der Waals surface area contributed by atoms with Crippen molar-refractivity contribution < 1.29 is 31.5 Å². The normalized spacial score (nSPS) is 13.4. The van der Waals surface area contributed by atoms with Crippen LogP contribution in [0.15, 0.2) is 54.7 Å². The first-order valence-electron chi connectivity index (χ1n) is 11.8. The van der Waals surface area contributed by atoms with Crippen molar-refractivity contribution in [1.82, 2.24) is 10.3 Å². The Bertz CT molecular complexity index is 1610. The molecule has 12 heteroatoms. The maximum absolute atomic E-state index is 15.3. The van der Waals surface area contributed by atoms with Crippen LogP contribution in [0.4, 0.5) is 43.8 Å². The van der Waals surface area contributed by atoms with Crippen LogP contribution in [-0.2, 0) is 0 Å². The fourth-order valence-electron chi connectivity index (χ4n) is 4.25. The molecule has 0 unspecified atom stereocenters. The second-order valence-corrected chi connectivity index (χ2v) is 8.78. The number of amides is 2. The van der Waals surface area contributed by atoms with Gasteiger partial charge in [-0.3, -0.25) is 9.78 Å². The van der Waals surface area contributed by atoms with E-state index in [-0.39, 0.29) is 11.3 Å². The van der Waals surface area contributed by atoms with Crippen molar-refractivity contribution in [2.24, 2.45) is 0 Å². The molecule has 0 saturated carbocycles. The number of fused-ring (bicyclic) bond motifs is 1. The summed E-state index contributed by atoms with van der Waals surface area (Å²) in [5.41, 5.74) is -0.986. The molecule has 3 aromatic carbocycles. The van der Waals surface area contributed by atoms with Gasteiger partial charge in [-0.15, -0.1) is 0 Å². The van der Waals surface area contributed by atoms with Gasteiger partial charge in [0.25, 0.3) is 0 Å². The zero-order valence-corrected chi connectivity index (χ0v) is 20.1. The highest BCUT2D eigenvalue weighted by molar-refractivity contribution is 6.12. The molecule has 3 N–H and O–H groups in total. The van der Waals surface area contributed by atoms with E-state index in [0.29, 0.717) is 23.0 Å². The number of carbonyl (C=O) groups excluding carboxylic acids is 2. The first kappa shape index (κ1) is 26.0. The molecule has 0 spiro atoms. The number of carbonyl (C=O) groups is 2. The van der Waals surface area contributed by atoms with Crippen LogP contribution in [0.5, 0.6) is 0 Å². The van der Waals surface area contributed by atoms with Crippen molar-refractivity contribution >= 4 is 39.8 Å². The summed E-state index contributed by atoms with van der Waals surface area (Å²) in [5, 5.41) is 7.86. The second-order valence-electron chi connectivity index (χ2n) is 8.78. The number of hydrogen-bond acceptors (Lipinski definition) is 5. The molecule has 39 heavy (non-hydrogen) atoms. The van der Waals surface area contributed by atoms with E-state index in [4.69, 9.17) is 0 Å². The van der Waals surface area contributed by atoms with E-state index in [9.17, 15) is 27.2 Å². The molecule has 1 saturated heterocycles. The molecule has 0 bridgehead atoms. The van der Waals surface area contributed by atoms with Gasteiger partial charge in [-0.2, -0.15) is 0 Å². The Balaban J connectivity index is 1.43. The van der Waals surface area contributed by atoms with Crippen molar-refractivity contribution in [3.63, 3.8) is 0 Å². The molecule has 1 fully saturated rings. The van der Waals surface area contributed by atoms with Gasteiger partial charge >= 0.3 is 6.03 Å². The Kier molecular flexibility index (Phi) is 7.11. The van der Waals surface area contributed by atoms with E-state index >= 15 is 4.39 Å². The van der Waals surface area contributed by atoms with Crippen molar-refractivity contribution in [3.05, 3.63) is 94.9 Å². The molecule has 0 aliphatic carbocycles. The Morgan fingerprint density at radius 1 is 0.821 bits per heavy atom. The number of nitrogens with zero attached hydrogens (tertiary/aromatic N) is 2. The third-order valence-electron chi connectivity index (χ3n) is 6.22. The van der Waals surface area contributed by atoms with Crippen molar-refractivity contribution in [1.29, 1.82) is 0 Å². The first-order valence-corrected chi connectivity index (χ1v) is 11.8. The predicted octanol–water partition coefficient (Wildman–Crippen LogP) is 5.21. The monoisotopic (exact) mass is 541 g/mol. The van der Waals surface area contributed by atoms with Crippen LogP contribution < -0.4 is 20.9 Å². The molecule has 1 aliphatic rings. The molecule has 5 rings (SSSR count). The van der Waals surface area contributed by atoms with E-state index < -0.39 is 52.2 Å². The fourth-order valence-corrected chi connectivity index (χ4v) is 4.25. The van der Waals surface area contributed by atoms with Crippen LogP contribution >= 0.6 is 0 Å². The number of benzene rings is 3. The predicted molar refractivity (Wildman–Crippen MR) is 136 cm³/mol. The number of piperazine rings is 1. The number of rotatable bonds is 5. The Morgan fingerprint density at radius 3 is 2.33 bits per heavy atom. The summed E-state index contributed by atoms with van der Waals surface area (Å²) in [5.74, 6) is -8.36. The van der Waals surface area contributed by atoms with Crippen molar-refractivity contribution in [3.8, 4) is 0 Å². The highest BCUT2D eigenvalue weighted by Gasteiger charge is 2.26. The first-order chi connectivity index (χ1) is 18.7. The molecule has 1 aromatic heterocycles. The van der Waals surface area contributed by atoms with Crippen LogP contribution in [0.25, 0.3) is 10.9 Å². The van der Waals surface area contributed by atoms with Gasteiger partial charge in [-0.25, -0.2) is 26.7 Å². The van der Waals surface area contributed by atoms with Gasteiger partial charge in [-0.05, 0) is 36.4 Å². The van der Waals surface area contributed by atoms with Gasteiger partial charge in [0, 0.05) is 54.9 Å². The molecular weight excluding hydrogens is 521 g/mol. The number of pyridine rings is 1. The minimum atomic E-state index is -1.73. The van der Waals surface area contributed by atoms with Crippen LogP contribution in [0.1, 0.15) is 15.9 Å². The van der Waals surface area contributed by atoms with E-state index in [0.717, 1.165) is 44.0 Å². The SMILES string of the molecule is O=C(Nc1ccc(F)c(F)c1)Nc1cc(F)c(F)c(C(=O)c2ccc3ncc(N4CCNCC4)cc3c2)c1F. The molecule has 2 amide bonds. The fraction of sp³-hybridized carbons (Fsp3) is 0.148. The number of ketones is 1. The Hall–Kier alpha value is -4.58. The third-order valence-corrected chi connectivity index (χ3v) is 6.22. The molecule has 200 valence electrons. The van der Waals surface area contributed by atoms with E-state index in [1.54, 1.807) is 12.3 Å². The highest BCUT2D eigenvalue weighted by Crippen LogP contribution is 2.28. The van der Waals surface area contributed by atoms with Gasteiger partial charge in [0.15, 0.2) is 34.9 Å². The number of halogens is 5. The maximum atomic E-state index is 15.3. The minimum Gasteiger partial charge on any atom is -0.368 e. The quantitative estimate of drug-likeness (QED) is 0.183. The minimum absolute atomic E-state index is 0.123. The summed E-state index contributed by atoms with van der Waals surface area (Å²) in [6, 6.07) is 7.71. The maximum Gasteiger partial charge on any atom is 0.323 e. The average molecular weight is 541 g/mol. The number of hydrogen-bond donors (Lipinski definition) is 3. The Labute approximate surface area is 218 Å². The van der Waals surface area contributed by atoms with Gasteiger partial charge in [0.2, 0.25) is 0 Å². The van der Waals surface area contributed by atoms with Crippen LogP contribution in [0.3, 0.4) is 0 Å². The molecule has 4 aromatic rings. The zero-order chi connectivity index (χ0) is 27.7. The molecule has 1 aliphatic heterocycles. The summed E-state index contributed by atoms with van der Waals surface area (Å²) < 4.78 is 70.9. The van der Waals surface area contributed by atoms with E-state index in [1.165, 1.54) is 18.2 Å². The lowest BCUT2D eigenvalue weighted by Crippen LogP contribution is -2.43. The third kappa shape index (κ3) is 5.36. The van der Waals surface area contributed by atoms with Crippen LogP contribution in [-0.4, -0.2) is 43.0 Å². The van der Waals surface area contributed by atoms with Crippen molar-refractivity contribution in [2.75, 3.05) is 41.7 Å². The standard InChI is InChI=1S/C27H20F5N5O2/c28-18-3-2-16(11-19(18)29)35-27(39)36-22-12-20(30)24(31)23(25(22)32)26(38)14-1-4-21-15(9-14)10-17(13-34-21)37-7-5-33-6-8-37/h1-4,9-13,33H,5-8H2,(H2,35,36,39). The lowest BCUT2D eigenvalue weighted by Gasteiger charge is -2.29. The summed E-state index contributed by atoms with van der Waals surface area (Å²) in [6.45, 7) is 3.10. The molecule has 0 atom stereocenters. The molecule has 7 nitrogen and oxygen atoms in total. The Morgan fingerprint density at radius 2 is 1.59 bits per heavy atom. The summed E-state index contributed by atoms with van der Waals surface area (Å²) in [6.07, 6.45) is 1.70. The highest BCUT2D eigenvalue weighted by atomic mass is 19.2. The van der Waals surface area contributed by atoms with Gasteiger partial charge in [0.05, 0.1) is 28.7 Å². The topological polar surface area (TPSA) is 86.4 Å². The number of anilines is 3. The average Bonchev–Trinajstić information content (AvgIpc) is 2.93. The molecular formula is C27H20F5N5O2. The van der Waals surface area contributed by atoms with Gasteiger partial charge in [-0.1, -0.05) is 0 Å². The van der Waals surface area contributed by atoms with Crippen LogP contribution in [0, 0.1) is 29.1 Å². The van der Waals surface area contributed by atoms with Gasteiger partial charge in [0.1, 0.15) is 0 Å². The molecule has 0 radical (unpaired) electrons. The smallest absolute Gasteiger partial charge is 0.323 e. The summed E-state index contributed by atoms with van der Waals surface area (Å²) >= 11 is 0. The van der Waals surface area contributed by atoms with E-state index in [2.05, 4.69) is 20.5 Å². The lowest BCUT2D eigenvalue weighted by molar-refractivity contribution is 0.103. The molecule has 2 heterocycles. The number of aromatic nitrogens is 1. The van der Waals surface area contributed by atoms with Crippen molar-refractivity contribution in [2.45, 2.75) is 0 Å². The summed E-state index contributed by atoms with van der Waals surface area (Å²) in [7, 11) is 0. The zero-order valence-electron chi connectivity index (χ0n) is 20.1. The largest absolute Gasteiger partial charge is 0.368 e. The van der Waals surface area contributed by atoms with E-state index in [1.807, 2.05) is 5.32 Å².